The first-order valence-electron chi connectivity index (χ1n) is 8.50. The third-order valence-electron chi connectivity index (χ3n) is 3.88. The molecule has 1 N–H and O–H groups in total. The summed E-state index contributed by atoms with van der Waals surface area (Å²) in [6, 6.07) is 9.58. The number of anilines is 2. The predicted molar refractivity (Wildman–Crippen MR) is 98.7 cm³/mol. The van der Waals surface area contributed by atoms with Gasteiger partial charge in [-0.1, -0.05) is 32.4 Å². The molecule has 0 fully saturated rings. The quantitative estimate of drug-likeness (QED) is 0.840. The van der Waals surface area contributed by atoms with E-state index in [4.69, 9.17) is 0 Å². The van der Waals surface area contributed by atoms with E-state index in [0.29, 0.717) is 11.6 Å². The SMILES string of the molecule is CCCCN(C)c1nc(C)cc(C(=O)Nc2ccc(CC)cc2)n1. The van der Waals surface area contributed by atoms with Crippen LogP contribution in [-0.2, 0) is 6.42 Å². The van der Waals surface area contributed by atoms with E-state index >= 15 is 0 Å². The van der Waals surface area contributed by atoms with E-state index in [0.717, 1.165) is 37.2 Å². The van der Waals surface area contributed by atoms with Gasteiger partial charge in [-0.25, -0.2) is 9.97 Å². The molecule has 1 aromatic carbocycles. The molecule has 0 atom stereocenters. The fraction of sp³-hybridized carbons (Fsp3) is 0.421. The van der Waals surface area contributed by atoms with Crippen LogP contribution in [0, 0.1) is 6.92 Å². The first-order valence-corrected chi connectivity index (χ1v) is 8.50. The zero-order valence-corrected chi connectivity index (χ0v) is 15.0. The molecular formula is C19H26N4O. The zero-order chi connectivity index (χ0) is 17.5. The van der Waals surface area contributed by atoms with Crippen molar-refractivity contribution < 1.29 is 4.79 Å². The van der Waals surface area contributed by atoms with E-state index < -0.39 is 0 Å². The second-order valence-corrected chi connectivity index (χ2v) is 5.97. The highest BCUT2D eigenvalue weighted by Crippen LogP contribution is 2.14. The van der Waals surface area contributed by atoms with E-state index in [1.54, 1.807) is 6.07 Å². The van der Waals surface area contributed by atoms with Crippen molar-refractivity contribution in [1.29, 1.82) is 0 Å². The number of benzene rings is 1. The Labute approximate surface area is 144 Å². The number of hydrogen-bond acceptors (Lipinski definition) is 4. The summed E-state index contributed by atoms with van der Waals surface area (Å²) in [5, 5.41) is 2.90. The maximum Gasteiger partial charge on any atom is 0.274 e. The average molecular weight is 326 g/mol. The highest BCUT2D eigenvalue weighted by atomic mass is 16.1. The molecule has 0 aliphatic heterocycles. The van der Waals surface area contributed by atoms with Crippen LogP contribution in [0.2, 0.25) is 0 Å². The molecule has 1 aromatic heterocycles. The smallest absolute Gasteiger partial charge is 0.274 e. The summed E-state index contributed by atoms with van der Waals surface area (Å²) in [6.07, 6.45) is 3.16. The zero-order valence-electron chi connectivity index (χ0n) is 15.0. The molecule has 2 rings (SSSR count). The van der Waals surface area contributed by atoms with Crippen LogP contribution < -0.4 is 10.2 Å². The lowest BCUT2D eigenvalue weighted by Crippen LogP contribution is -2.23. The summed E-state index contributed by atoms with van der Waals surface area (Å²) in [4.78, 5) is 23.3. The van der Waals surface area contributed by atoms with Crippen molar-refractivity contribution in [2.75, 3.05) is 23.8 Å². The number of carbonyl (C=O) groups is 1. The highest BCUT2D eigenvalue weighted by Gasteiger charge is 2.13. The molecule has 1 amide bonds. The number of rotatable bonds is 7. The fourth-order valence-electron chi connectivity index (χ4n) is 2.35. The number of nitrogens with one attached hydrogen (secondary N) is 1. The van der Waals surface area contributed by atoms with Gasteiger partial charge in [0, 0.05) is 25.0 Å². The van der Waals surface area contributed by atoms with Gasteiger partial charge in [-0.3, -0.25) is 4.79 Å². The standard InChI is InChI=1S/C19H26N4O/c1-5-7-12-23(4)19-20-14(3)13-17(22-19)18(24)21-16-10-8-15(6-2)9-11-16/h8-11,13H,5-7,12H2,1-4H3,(H,21,24). The van der Waals surface area contributed by atoms with E-state index in [2.05, 4.69) is 29.1 Å². The first-order chi connectivity index (χ1) is 11.5. The van der Waals surface area contributed by atoms with Crippen LogP contribution in [0.1, 0.15) is 48.4 Å². The second-order valence-electron chi connectivity index (χ2n) is 5.97. The Morgan fingerprint density at radius 2 is 1.88 bits per heavy atom. The minimum Gasteiger partial charge on any atom is -0.344 e. The van der Waals surface area contributed by atoms with E-state index in [1.165, 1.54) is 5.56 Å². The summed E-state index contributed by atoms with van der Waals surface area (Å²) < 4.78 is 0. The molecular weight excluding hydrogens is 300 g/mol. The van der Waals surface area contributed by atoms with Crippen molar-refractivity contribution in [3.8, 4) is 0 Å². The van der Waals surface area contributed by atoms with Crippen LogP contribution in [0.3, 0.4) is 0 Å². The van der Waals surface area contributed by atoms with Crippen molar-refractivity contribution in [1.82, 2.24) is 9.97 Å². The fourth-order valence-corrected chi connectivity index (χ4v) is 2.35. The van der Waals surface area contributed by atoms with Gasteiger partial charge in [0.05, 0.1) is 0 Å². The van der Waals surface area contributed by atoms with Gasteiger partial charge in [-0.15, -0.1) is 0 Å². The van der Waals surface area contributed by atoms with Gasteiger partial charge in [0.15, 0.2) is 0 Å². The van der Waals surface area contributed by atoms with Gasteiger partial charge in [0.25, 0.3) is 5.91 Å². The number of unbranched alkanes of at least 4 members (excludes halogenated alkanes) is 1. The molecule has 128 valence electrons. The van der Waals surface area contributed by atoms with Gasteiger partial charge < -0.3 is 10.2 Å². The van der Waals surface area contributed by atoms with Crippen LogP contribution in [0.4, 0.5) is 11.6 Å². The molecule has 5 heteroatoms. The van der Waals surface area contributed by atoms with Crippen molar-refractivity contribution in [3.05, 3.63) is 47.3 Å². The molecule has 0 saturated heterocycles. The molecule has 0 bridgehead atoms. The molecule has 0 saturated carbocycles. The lowest BCUT2D eigenvalue weighted by molar-refractivity contribution is 0.102. The largest absolute Gasteiger partial charge is 0.344 e. The van der Waals surface area contributed by atoms with E-state index in [1.807, 2.05) is 43.1 Å². The number of aromatic nitrogens is 2. The molecule has 24 heavy (non-hydrogen) atoms. The Bertz CT molecular complexity index is 682. The van der Waals surface area contributed by atoms with Crippen molar-refractivity contribution in [3.63, 3.8) is 0 Å². The Kier molecular flexibility index (Phi) is 6.29. The monoisotopic (exact) mass is 326 g/mol. The number of carbonyl (C=O) groups excluding carboxylic acids is 1. The van der Waals surface area contributed by atoms with E-state index in [-0.39, 0.29) is 5.91 Å². The summed E-state index contributed by atoms with van der Waals surface area (Å²) in [7, 11) is 1.95. The molecule has 1 heterocycles. The molecule has 0 aliphatic rings. The number of amides is 1. The van der Waals surface area contributed by atoms with Gasteiger partial charge in [-0.2, -0.15) is 0 Å². The molecule has 5 nitrogen and oxygen atoms in total. The highest BCUT2D eigenvalue weighted by molar-refractivity contribution is 6.03. The van der Waals surface area contributed by atoms with Gasteiger partial charge in [0.1, 0.15) is 5.69 Å². The van der Waals surface area contributed by atoms with Crippen LogP contribution in [0.15, 0.2) is 30.3 Å². The third-order valence-corrected chi connectivity index (χ3v) is 3.88. The molecule has 0 spiro atoms. The summed E-state index contributed by atoms with van der Waals surface area (Å²) in [5.74, 6) is 0.379. The van der Waals surface area contributed by atoms with E-state index in [9.17, 15) is 4.79 Å². The van der Waals surface area contributed by atoms with Gasteiger partial charge in [-0.05, 0) is 43.5 Å². The lowest BCUT2D eigenvalue weighted by Gasteiger charge is -2.17. The Balaban J connectivity index is 2.14. The Morgan fingerprint density at radius 1 is 1.17 bits per heavy atom. The molecule has 0 aliphatic carbocycles. The van der Waals surface area contributed by atoms with Gasteiger partial charge >= 0.3 is 0 Å². The maximum absolute atomic E-state index is 12.5. The van der Waals surface area contributed by atoms with Crippen molar-refractivity contribution in [2.45, 2.75) is 40.0 Å². The predicted octanol–water partition coefficient (Wildman–Crippen LogP) is 3.84. The van der Waals surface area contributed by atoms with Gasteiger partial charge in [0.2, 0.25) is 5.95 Å². The molecule has 0 unspecified atom stereocenters. The summed E-state index contributed by atoms with van der Waals surface area (Å²) in [5.41, 5.74) is 3.19. The number of aryl methyl sites for hydroxylation is 2. The number of hydrogen-bond donors (Lipinski definition) is 1. The summed E-state index contributed by atoms with van der Waals surface area (Å²) in [6.45, 7) is 7.01. The van der Waals surface area contributed by atoms with Crippen molar-refractivity contribution in [2.24, 2.45) is 0 Å². The Hall–Kier alpha value is -2.43. The second kappa shape index (κ2) is 8.43. The van der Waals surface area contributed by atoms with Crippen LogP contribution in [-0.4, -0.2) is 29.5 Å². The normalized spacial score (nSPS) is 10.5. The van der Waals surface area contributed by atoms with Crippen LogP contribution >= 0.6 is 0 Å². The molecule has 0 radical (unpaired) electrons. The third kappa shape index (κ3) is 4.78. The lowest BCUT2D eigenvalue weighted by atomic mass is 10.1. The van der Waals surface area contributed by atoms with Crippen LogP contribution in [0.25, 0.3) is 0 Å². The van der Waals surface area contributed by atoms with Crippen molar-refractivity contribution >= 4 is 17.5 Å². The Morgan fingerprint density at radius 3 is 2.50 bits per heavy atom. The maximum atomic E-state index is 12.5. The van der Waals surface area contributed by atoms with Crippen LogP contribution in [0.5, 0.6) is 0 Å². The minimum atomic E-state index is -0.213. The first kappa shape index (κ1) is 17.9. The number of nitrogens with zero attached hydrogens (tertiary/aromatic N) is 3. The summed E-state index contributed by atoms with van der Waals surface area (Å²) >= 11 is 0. The average Bonchev–Trinajstić information content (AvgIpc) is 2.59. The topological polar surface area (TPSA) is 58.1 Å². The molecule has 2 aromatic rings. The minimum absolute atomic E-state index is 0.213.